The van der Waals surface area contributed by atoms with E-state index >= 15 is 0 Å². The molecule has 3 aromatic rings. The third-order valence-electron chi connectivity index (χ3n) is 8.94. The summed E-state index contributed by atoms with van der Waals surface area (Å²) in [4.78, 5) is 18.4. The van der Waals surface area contributed by atoms with Crippen molar-refractivity contribution in [1.82, 2.24) is 19.8 Å². The van der Waals surface area contributed by atoms with Crippen LogP contribution in [0.25, 0.3) is 16.7 Å². The Morgan fingerprint density at radius 3 is 2.52 bits per heavy atom. The number of piperidine rings is 1. The van der Waals surface area contributed by atoms with Crippen LogP contribution < -0.4 is 10.1 Å². The molecule has 0 spiro atoms. The highest BCUT2D eigenvalue weighted by atomic mass is 32.2. The van der Waals surface area contributed by atoms with Gasteiger partial charge in [0.15, 0.2) is 0 Å². The number of rotatable bonds is 11. The molecule has 1 saturated carbocycles. The summed E-state index contributed by atoms with van der Waals surface area (Å²) in [6, 6.07) is 14.6. The van der Waals surface area contributed by atoms with Crippen LogP contribution in [0.1, 0.15) is 69.5 Å². The van der Waals surface area contributed by atoms with E-state index in [1.165, 1.54) is 49.6 Å². The highest BCUT2D eigenvalue weighted by molar-refractivity contribution is 7.90. The fourth-order valence-corrected chi connectivity index (χ4v) is 6.66. The van der Waals surface area contributed by atoms with E-state index in [4.69, 9.17) is 20.9 Å². The van der Waals surface area contributed by atoms with Crippen LogP contribution in [0.3, 0.4) is 0 Å². The van der Waals surface area contributed by atoms with Gasteiger partial charge in [-0.05, 0) is 69.5 Å². The van der Waals surface area contributed by atoms with Gasteiger partial charge in [-0.3, -0.25) is 4.79 Å². The van der Waals surface area contributed by atoms with Gasteiger partial charge in [0.1, 0.15) is 33.6 Å². The first kappa shape index (κ1) is 35.3. The van der Waals surface area contributed by atoms with Crippen molar-refractivity contribution >= 4 is 26.7 Å². The van der Waals surface area contributed by atoms with Crippen LogP contribution in [-0.2, 0) is 25.8 Å². The number of sulfone groups is 1. The van der Waals surface area contributed by atoms with Gasteiger partial charge in [-0.15, -0.1) is 0 Å². The Labute approximate surface area is 275 Å². The van der Waals surface area contributed by atoms with Crippen LogP contribution in [0.15, 0.2) is 42.6 Å². The lowest BCUT2D eigenvalue weighted by Crippen LogP contribution is -2.39. The van der Waals surface area contributed by atoms with Crippen molar-refractivity contribution in [2.24, 2.45) is 5.92 Å². The van der Waals surface area contributed by atoms with Crippen LogP contribution in [0.5, 0.6) is 5.75 Å². The number of pyridine rings is 1. The van der Waals surface area contributed by atoms with E-state index in [0.29, 0.717) is 13.0 Å². The topological polar surface area (TPSA) is 103 Å². The van der Waals surface area contributed by atoms with Crippen molar-refractivity contribution in [3.05, 3.63) is 53.9 Å². The molecule has 1 aliphatic heterocycles. The van der Waals surface area contributed by atoms with Crippen molar-refractivity contribution in [2.45, 2.75) is 83.8 Å². The summed E-state index contributed by atoms with van der Waals surface area (Å²) >= 11 is 0. The number of hydrogen-bond acceptors (Lipinski definition) is 8. The second-order valence-electron chi connectivity index (χ2n) is 12.6. The minimum Gasteiger partial charge on any atom is -0.493 e. The summed E-state index contributed by atoms with van der Waals surface area (Å²) in [6.07, 6.45) is 18.5. The molecule has 2 aliphatic rings. The second kappa shape index (κ2) is 16.8. The molecule has 5 rings (SSSR count). The molecule has 46 heavy (non-hydrogen) atoms. The summed E-state index contributed by atoms with van der Waals surface area (Å²) in [5.74, 6) is 2.42. The summed E-state index contributed by atoms with van der Waals surface area (Å²) in [5.41, 5.74) is 3.51. The van der Waals surface area contributed by atoms with Gasteiger partial charge in [-0.2, -0.15) is 0 Å². The predicted molar refractivity (Wildman–Crippen MR) is 184 cm³/mol. The smallest absolute Gasteiger partial charge is 0.323 e. The molecule has 9 nitrogen and oxygen atoms in total. The average Bonchev–Trinajstić information content (AvgIpc) is 3.49. The fourth-order valence-electron chi connectivity index (χ4n) is 6.02. The first-order valence-electron chi connectivity index (χ1n) is 16.5. The SMILES string of the molecule is C#CN1CCC(OC(=O)C(C)NC)CC1.Cc1ccc(-n2ccc3c(OCCCS(C)(=O)=O)cccc32)nc1CC1CCCCC1. The minimum absolute atomic E-state index is 0.0258. The van der Waals surface area contributed by atoms with E-state index in [0.717, 1.165) is 60.7 Å². The molecule has 1 atom stereocenters. The Kier molecular flexibility index (Phi) is 12.9. The number of carbonyl (C=O) groups excluding carboxylic acids is 1. The zero-order valence-corrected chi connectivity index (χ0v) is 28.7. The van der Waals surface area contributed by atoms with Crippen molar-refractivity contribution in [3.8, 4) is 24.0 Å². The number of terminal acetylenes is 1. The fraction of sp³-hybridized carbons (Fsp3) is 0.556. The molecular weight excluding hydrogens is 600 g/mol. The Hall–Kier alpha value is -3.55. The maximum Gasteiger partial charge on any atom is 0.323 e. The number of likely N-dealkylation sites (N-methyl/N-ethyl adjacent to an activating group) is 1. The van der Waals surface area contributed by atoms with Gasteiger partial charge in [-0.25, -0.2) is 13.4 Å². The van der Waals surface area contributed by atoms with Gasteiger partial charge >= 0.3 is 5.97 Å². The van der Waals surface area contributed by atoms with Gasteiger partial charge in [-0.1, -0.05) is 50.7 Å². The Morgan fingerprint density at radius 1 is 1.11 bits per heavy atom. The van der Waals surface area contributed by atoms with Crippen LogP contribution in [0.4, 0.5) is 0 Å². The lowest BCUT2D eigenvalue weighted by molar-refractivity contribution is -0.152. The highest BCUT2D eigenvalue weighted by Gasteiger charge is 2.23. The molecule has 2 aromatic heterocycles. The molecule has 1 unspecified atom stereocenters. The monoisotopic (exact) mass is 650 g/mol. The number of likely N-dealkylation sites (tertiary alicyclic amines) is 1. The molecule has 3 heterocycles. The van der Waals surface area contributed by atoms with Gasteiger partial charge in [0.05, 0.1) is 17.9 Å². The Morgan fingerprint density at radius 2 is 1.85 bits per heavy atom. The lowest BCUT2D eigenvalue weighted by Gasteiger charge is -2.29. The zero-order chi connectivity index (χ0) is 33.1. The summed E-state index contributed by atoms with van der Waals surface area (Å²) < 4.78 is 36.0. The number of nitrogens with one attached hydrogen (secondary N) is 1. The van der Waals surface area contributed by atoms with Crippen LogP contribution >= 0.6 is 0 Å². The lowest BCUT2D eigenvalue weighted by atomic mass is 9.85. The quantitative estimate of drug-likeness (QED) is 0.166. The molecule has 10 heteroatoms. The molecule has 1 N–H and O–H groups in total. The van der Waals surface area contributed by atoms with Gasteiger partial charge in [0.2, 0.25) is 0 Å². The molecular formula is C36H50N4O5S. The molecule has 250 valence electrons. The molecule has 1 saturated heterocycles. The molecule has 2 fully saturated rings. The third-order valence-corrected chi connectivity index (χ3v) is 9.97. The zero-order valence-electron chi connectivity index (χ0n) is 27.8. The number of nitrogens with zero attached hydrogens (tertiary/aromatic N) is 3. The van der Waals surface area contributed by atoms with Crippen molar-refractivity contribution in [1.29, 1.82) is 0 Å². The van der Waals surface area contributed by atoms with Gasteiger partial charge < -0.3 is 24.3 Å². The minimum atomic E-state index is -2.96. The van der Waals surface area contributed by atoms with Crippen molar-refractivity contribution in [3.63, 3.8) is 0 Å². The van der Waals surface area contributed by atoms with E-state index in [2.05, 4.69) is 41.1 Å². The van der Waals surface area contributed by atoms with Crippen LogP contribution in [-0.4, -0.2) is 79.7 Å². The molecule has 0 radical (unpaired) electrons. The van der Waals surface area contributed by atoms with Gasteiger partial charge in [0, 0.05) is 55.5 Å². The standard InChI is InChI=1S/C25H32N2O3S.C11H18N2O2/c1-19-12-13-25(26-22(19)18-20-8-4-3-5-9-20)27-15-14-21-23(27)10-6-11-24(21)30-16-7-17-31(2,28)29;1-4-13-7-5-10(6-8-13)15-11(14)9(2)12-3/h6,10-15,20H,3-5,7-9,16-18H2,1-2H3;1,9-10,12H,5-8H2,2-3H3. The molecule has 0 amide bonds. The van der Waals surface area contributed by atoms with Gasteiger partial charge in [0.25, 0.3) is 0 Å². The molecule has 1 aromatic carbocycles. The Bertz CT molecular complexity index is 1580. The number of benzene rings is 1. The predicted octanol–water partition coefficient (Wildman–Crippen LogP) is 5.46. The third kappa shape index (κ3) is 10.2. The van der Waals surface area contributed by atoms with Crippen LogP contribution in [0.2, 0.25) is 0 Å². The molecule has 1 aliphatic carbocycles. The van der Waals surface area contributed by atoms with E-state index in [1.54, 1.807) is 14.0 Å². The van der Waals surface area contributed by atoms with E-state index in [1.807, 2.05) is 29.3 Å². The number of hydrogen-bond donors (Lipinski definition) is 1. The number of ether oxygens (including phenoxy) is 2. The summed E-state index contributed by atoms with van der Waals surface area (Å²) in [7, 11) is -1.22. The van der Waals surface area contributed by atoms with Crippen LogP contribution in [0, 0.1) is 25.3 Å². The Balaban J connectivity index is 0.000000270. The molecule has 0 bridgehead atoms. The maximum atomic E-state index is 11.5. The van der Waals surface area contributed by atoms with E-state index in [-0.39, 0.29) is 23.9 Å². The number of carbonyl (C=O) groups is 1. The highest BCUT2D eigenvalue weighted by Crippen LogP contribution is 2.30. The number of aromatic nitrogens is 2. The number of esters is 1. The number of aryl methyl sites for hydroxylation is 1. The van der Waals surface area contributed by atoms with E-state index < -0.39 is 9.84 Å². The van der Waals surface area contributed by atoms with E-state index in [9.17, 15) is 13.2 Å². The second-order valence-corrected chi connectivity index (χ2v) is 14.9. The summed E-state index contributed by atoms with van der Waals surface area (Å²) in [6.45, 7) is 5.94. The number of fused-ring (bicyclic) bond motifs is 1. The maximum absolute atomic E-state index is 11.5. The summed E-state index contributed by atoms with van der Waals surface area (Å²) in [5, 5.41) is 3.87. The first-order valence-corrected chi connectivity index (χ1v) is 18.6. The first-order chi connectivity index (χ1) is 22.1. The van der Waals surface area contributed by atoms with Crippen molar-refractivity contribution in [2.75, 3.05) is 38.8 Å². The average molecular weight is 651 g/mol. The normalized spacial score (nSPS) is 16.7. The largest absolute Gasteiger partial charge is 0.493 e. The van der Waals surface area contributed by atoms with Crippen molar-refractivity contribution < 1.29 is 22.7 Å².